The molecule has 1 nitrogen and oxygen atoms in total. The van der Waals surface area contributed by atoms with E-state index >= 15 is 0 Å². The van der Waals surface area contributed by atoms with Gasteiger partial charge >= 0.3 is 6.18 Å². The number of ether oxygens (including phenoxy) is 1. The number of rotatable bonds is 2. The predicted octanol–water partition coefficient (Wildman–Crippen LogP) is 3.58. The minimum Gasteiger partial charge on any atom is -0.493 e. The molecule has 1 aromatic carbocycles. The maximum absolute atomic E-state index is 13.4. The van der Waals surface area contributed by atoms with Crippen molar-refractivity contribution in [1.82, 2.24) is 0 Å². The molecule has 0 saturated carbocycles. The molecule has 0 aliphatic rings. The summed E-state index contributed by atoms with van der Waals surface area (Å²) in [6, 6.07) is 1.90. The highest BCUT2D eigenvalue weighted by molar-refractivity contribution is 7.98. The van der Waals surface area contributed by atoms with E-state index in [0.717, 1.165) is 31.0 Å². The highest BCUT2D eigenvalue weighted by atomic mass is 32.2. The summed E-state index contributed by atoms with van der Waals surface area (Å²) in [6.45, 7) is 0. The average molecular weight is 240 g/mol. The van der Waals surface area contributed by atoms with Crippen molar-refractivity contribution in [3.63, 3.8) is 0 Å². The molecule has 0 unspecified atom stereocenters. The van der Waals surface area contributed by atoms with Gasteiger partial charge in [0.05, 0.1) is 7.11 Å². The molecule has 1 aromatic rings. The molecule has 15 heavy (non-hydrogen) atoms. The SMILES string of the molecule is COc1c(C(F)(F)F)ccc(SC)c1F. The molecule has 0 atom stereocenters. The summed E-state index contributed by atoms with van der Waals surface area (Å²) in [5, 5.41) is 0. The summed E-state index contributed by atoms with van der Waals surface area (Å²) in [4.78, 5) is 0.125. The van der Waals surface area contributed by atoms with E-state index in [1.807, 2.05) is 0 Å². The molecule has 0 fully saturated rings. The molecule has 0 radical (unpaired) electrons. The lowest BCUT2D eigenvalue weighted by molar-refractivity contribution is -0.139. The molecule has 0 N–H and O–H groups in total. The van der Waals surface area contributed by atoms with E-state index in [-0.39, 0.29) is 4.90 Å². The van der Waals surface area contributed by atoms with Crippen LogP contribution in [0.15, 0.2) is 17.0 Å². The zero-order valence-corrected chi connectivity index (χ0v) is 8.80. The summed E-state index contributed by atoms with van der Waals surface area (Å²) in [7, 11) is 1.01. The first-order chi connectivity index (χ1) is 6.91. The number of methoxy groups -OCH3 is 1. The Hall–Kier alpha value is -0.910. The van der Waals surface area contributed by atoms with Gasteiger partial charge < -0.3 is 4.74 Å². The molecule has 0 heterocycles. The topological polar surface area (TPSA) is 9.23 Å². The zero-order chi connectivity index (χ0) is 11.6. The largest absolute Gasteiger partial charge is 0.493 e. The number of alkyl halides is 3. The number of hydrogen-bond donors (Lipinski definition) is 0. The van der Waals surface area contributed by atoms with E-state index in [1.54, 1.807) is 6.26 Å². The Morgan fingerprint density at radius 3 is 2.27 bits per heavy atom. The van der Waals surface area contributed by atoms with Crippen molar-refractivity contribution in [2.45, 2.75) is 11.1 Å². The molecule has 0 bridgehead atoms. The van der Waals surface area contributed by atoms with Crippen molar-refractivity contribution in [2.75, 3.05) is 13.4 Å². The lowest BCUT2D eigenvalue weighted by Crippen LogP contribution is -2.09. The van der Waals surface area contributed by atoms with E-state index in [2.05, 4.69) is 4.74 Å². The second-order valence-electron chi connectivity index (χ2n) is 2.66. The minimum absolute atomic E-state index is 0.125. The van der Waals surface area contributed by atoms with Crippen LogP contribution in [-0.4, -0.2) is 13.4 Å². The van der Waals surface area contributed by atoms with Crippen LogP contribution in [0.1, 0.15) is 5.56 Å². The van der Waals surface area contributed by atoms with Gasteiger partial charge in [-0.25, -0.2) is 4.39 Å². The first-order valence-corrected chi connectivity index (χ1v) is 5.12. The van der Waals surface area contributed by atoms with Crippen molar-refractivity contribution in [2.24, 2.45) is 0 Å². The number of halogens is 4. The molecule has 84 valence electrons. The van der Waals surface area contributed by atoms with Gasteiger partial charge in [-0.3, -0.25) is 0 Å². The van der Waals surface area contributed by atoms with Crippen LogP contribution in [0.25, 0.3) is 0 Å². The van der Waals surface area contributed by atoms with Crippen molar-refractivity contribution in [3.05, 3.63) is 23.5 Å². The highest BCUT2D eigenvalue weighted by Gasteiger charge is 2.36. The standard InChI is InChI=1S/C9H8F4OS/c1-14-8-5(9(11,12)13)3-4-6(15-2)7(8)10/h3-4H,1-2H3. The molecule has 1 rings (SSSR count). The quantitative estimate of drug-likeness (QED) is 0.577. The third-order valence-corrected chi connectivity index (χ3v) is 2.55. The fourth-order valence-electron chi connectivity index (χ4n) is 1.12. The third-order valence-electron chi connectivity index (χ3n) is 1.79. The summed E-state index contributed by atoms with van der Waals surface area (Å²) < 4.78 is 55.0. The van der Waals surface area contributed by atoms with E-state index in [1.165, 1.54) is 0 Å². The predicted molar refractivity (Wildman–Crippen MR) is 49.7 cm³/mol. The van der Waals surface area contributed by atoms with Gasteiger partial charge in [0.2, 0.25) is 0 Å². The van der Waals surface area contributed by atoms with Gasteiger partial charge in [-0.1, -0.05) is 0 Å². The summed E-state index contributed by atoms with van der Waals surface area (Å²) in [6.07, 6.45) is -3.03. The zero-order valence-electron chi connectivity index (χ0n) is 7.98. The van der Waals surface area contributed by atoms with Gasteiger partial charge in [0.25, 0.3) is 0 Å². The van der Waals surface area contributed by atoms with Crippen molar-refractivity contribution in [3.8, 4) is 5.75 Å². The van der Waals surface area contributed by atoms with E-state index in [4.69, 9.17) is 0 Å². The summed E-state index contributed by atoms with van der Waals surface area (Å²) >= 11 is 1.02. The van der Waals surface area contributed by atoms with Gasteiger partial charge in [0.1, 0.15) is 5.56 Å². The van der Waals surface area contributed by atoms with Gasteiger partial charge in [-0.2, -0.15) is 13.2 Å². The Morgan fingerprint density at radius 2 is 1.87 bits per heavy atom. The molecule has 0 amide bonds. The summed E-state index contributed by atoms with van der Waals surface area (Å²) in [5.41, 5.74) is -1.10. The maximum Gasteiger partial charge on any atom is 0.420 e. The molecular formula is C9H8F4OS. The van der Waals surface area contributed by atoms with E-state index < -0.39 is 23.3 Å². The Morgan fingerprint density at radius 1 is 1.27 bits per heavy atom. The normalized spacial score (nSPS) is 11.6. The molecule has 0 spiro atoms. The van der Waals surface area contributed by atoms with Crippen molar-refractivity contribution < 1.29 is 22.3 Å². The minimum atomic E-state index is -4.61. The van der Waals surface area contributed by atoms with Crippen molar-refractivity contribution in [1.29, 1.82) is 0 Å². The smallest absolute Gasteiger partial charge is 0.420 e. The third kappa shape index (κ3) is 2.37. The van der Waals surface area contributed by atoms with E-state index in [0.29, 0.717) is 0 Å². The van der Waals surface area contributed by atoms with Crippen LogP contribution in [0.4, 0.5) is 17.6 Å². The summed E-state index contributed by atoms with van der Waals surface area (Å²) in [5.74, 6) is -1.73. The first kappa shape index (κ1) is 12.2. The first-order valence-electron chi connectivity index (χ1n) is 3.89. The van der Waals surface area contributed by atoms with Gasteiger partial charge in [0.15, 0.2) is 11.6 Å². The molecule has 0 aliphatic heterocycles. The van der Waals surface area contributed by atoms with Crippen LogP contribution >= 0.6 is 11.8 Å². The monoisotopic (exact) mass is 240 g/mol. The molecule has 0 aromatic heterocycles. The highest BCUT2D eigenvalue weighted by Crippen LogP contribution is 2.40. The van der Waals surface area contributed by atoms with Crippen molar-refractivity contribution >= 4 is 11.8 Å². The molecule has 6 heteroatoms. The van der Waals surface area contributed by atoms with Gasteiger partial charge in [0, 0.05) is 4.90 Å². The molecule has 0 aliphatic carbocycles. The Kier molecular flexibility index (Phi) is 3.49. The second-order valence-corrected chi connectivity index (χ2v) is 3.51. The van der Waals surface area contributed by atoms with Gasteiger partial charge in [-0.05, 0) is 18.4 Å². The Bertz CT molecular complexity index is 362. The maximum atomic E-state index is 13.4. The number of thioether (sulfide) groups is 1. The van der Waals surface area contributed by atoms with Crippen LogP contribution < -0.4 is 4.74 Å². The van der Waals surface area contributed by atoms with Crippen LogP contribution in [0.5, 0.6) is 5.75 Å². The number of hydrogen-bond acceptors (Lipinski definition) is 2. The Labute approximate surface area is 88.4 Å². The van der Waals surface area contributed by atoms with Gasteiger partial charge in [-0.15, -0.1) is 11.8 Å². The fourth-order valence-corrected chi connectivity index (χ4v) is 1.59. The average Bonchev–Trinajstić information content (AvgIpc) is 2.15. The lowest BCUT2D eigenvalue weighted by Gasteiger charge is -2.13. The number of benzene rings is 1. The van der Waals surface area contributed by atoms with Crippen LogP contribution in [0.3, 0.4) is 0 Å². The van der Waals surface area contributed by atoms with E-state index in [9.17, 15) is 17.6 Å². The van der Waals surface area contributed by atoms with Crippen LogP contribution in [-0.2, 0) is 6.18 Å². The van der Waals surface area contributed by atoms with Crippen LogP contribution in [0, 0.1) is 5.82 Å². The second kappa shape index (κ2) is 4.30. The molecule has 0 saturated heterocycles. The van der Waals surface area contributed by atoms with Crippen LogP contribution in [0.2, 0.25) is 0 Å². The fraction of sp³-hybridized carbons (Fsp3) is 0.333. The molecular weight excluding hydrogens is 232 g/mol. The Balaban J connectivity index is 3.38. The lowest BCUT2D eigenvalue weighted by atomic mass is 10.2.